The number of nitriles is 2. The van der Waals surface area contributed by atoms with E-state index in [2.05, 4.69) is 24.3 Å². The minimum absolute atomic E-state index is 0.319. The molecule has 0 fully saturated rings. The molecule has 4 heteroatoms. The number of rotatable bonds is 2. The van der Waals surface area contributed by atoms with E-state index in [1.807, 2.05) is 24.3 Å². The molecule has 2 aliphatic rings. The number of nitrogens with zero attached hydrogens (tertiary/aromatic N) is 2. The first kappa shape index (κ1) is 21.9. The van der Waals surface area contributed by atoms with Crippen LogP contribution >= 0.6 is 0 Å². The maximum Gasteiger partial charge on any atom is 0.123 e. The van der Waals surface area contributed by atoms with Gasteiger partial charge in [-0.2, -0.15) is 10.5 Å². The average Bonchev–Trinajstić information content (AvgIpc) is 3.42. The highest BCUT2D eigenvalue weighted by molar-refractivity contribution is 6.01. The van der Waals surface area contributed by atoms with Gasteiger partial charge in [0.05, 0.1) is 23.3 Å². The molecule has 0 bridgehead atoms. The van der Waals surface area contributed by atoms with Crippen molar-refractivity contribution in [3.8, 4) is 34.4 Å². The summed E-state index contributed by atoms with van der Waals surface area (Å²) in [6.07, 6.45) is 0. The molecule has 0 heterocycles. The first-order chi connectivity index (χ1) is 18.6. The molecule has 5 aromatic carbocycles. The lowest BCUT2D eigenvalue weighted by molar-refractivity contribution is 0.627. The predicted octanol–water partition coefficient (Wildman–Crippen LogP) is 6.16. The lowest BCUT2D eigenvalue weighted by Crippen LogP contribution is -2.15. The summed E-state index contributed by atoms with van der Waals surface area (Å²) in [7, 11) is 0. The third kappa shape index (κ3) is 3.15. The molecule has 0 atom stereocenters. The van der Waals surface area contributed by atoms with Gasteiger partial charge in [-0.25, -0.2) is 8.78 Å². The monoisotopic (exact) mass is 490 g/mol. The molecule has 5 aromatic rings. The number of fused-ring (bicyclic) bond motifs is 6. The summed E-state index contributed by atoms with van der Waals surface area (Å²) >= 11 is 0. The van der Waals surface area contributed by atoms with E-state index in [-0.39, 0.29) is 11.6 Å². The van der Waals surface area contributed by atoms with E-state index in [0.29, 0.717) is 11.1 Å². The number of hydrogen-bond acceptors (Lipinski definition) is 2. The Hall–Kier alpha value is -5.32. The van der Waals surface area contributed by atoms with Crippen molar-refractivity contribution in [3.63, 3.8) is 0 Å². The molecule has 176 valence electrons. The van der Waals surface area contributed by atoms with Crippen LogP contribution in [0.1, 0.15) is 33.4 Å². The molecule has 7 rings (SSSR count). The Balaban J connectivity index is 1.60. The van der Waals surface area contributed by atoms with Gasteiger partial charge in [-0.1, -0.05) is 36.4 Å². The molecule has 2 nitrogen and oxygen atoms in total. The van der Waals surface area contributed by atoms with Gasteiger partial charge in [0.15, 0.2) is 0 Å². The van der Waals surface area contributed by atoms with Gasteiger partial charge in [0.25, 0.3) is 0 Å². The molecule has 38 heavy (non-hydrogen) atoms. The smallest absolute Gasteiger partial charge is 0.123 e. The Kier molecular flexibility index (Phi) is 4.67. The predicted molar refractivity (Wildman–Crippen MR) is 142 cm³/mol. The van der Waals surface area contributed by atoms with Crippen LogP contribution in [-0.4, -0.2) is 0 Å². The van der Waals surface area contributed by atoms with E-state index in [4.69, 9.17) is 0 Å². The summed E-state index contributed by atoms with van der Waals surface area (Å²) in [5.74, 6) is -0.637. The molecule has 0 spiro atoms. The Labute approximate surface area is 217 Å². The molecule has 0 aromatic heterocycles. The van der Waals surface area contributed by atoms with Crippen molar-refractivity contribution < 1.29 is 8.78 Å². The van der Waals surface area contributed by atoms with Gasteiger partial charge < -0.3 is 0 Å². The maximum absolute atomic E-state index is 14.5. The summed E-state index contributed by atoms with van der Waals surface area (Å²) in [6.45, 7) is 0. The Morgan fingerprint density at radius 2 is 0.816 bits per heavy atom. The van der Waals surface area contributed by atoms with E-state index in [1.165, 1.54) is 12.1 Å². The summed E-state index contributed by atoms with van der Waals surface area (Å²) in [5.41, 5.74) is 10.1. The van der Waals surface area contributed by atoms with Gasteiger partial charge in [-0.05, 0) is 127 Å². The average molecular weight is 491 g/mol. The van der Waals surface area contributed by atoms with Gasteiger partial charge in [-0.3, -0.25) is 0 Å². The van der Waals surface area contributed by atoms with Crippen molar-refractivity contribution in [1.29, 1.82) is 10.5 Å². The molecular formula is C34H16F2N2. The SMILES string of the molecule is N#Cc1ccc(C2=c3cc4c(cc3-c3ccc(F)cc32)=C(c2ccc(C#N)cc2)c2cc(F)ccc2-4)cc1. The highest BCUT2D eigenvalue weighted by atomic mass is 19.1. The van der Waals surface area contributed by atoms with Crippen LogP contribution in [0.5, 0.6) is 0 Å². The van der Waals surface area contributed by atoms with Crippen molar-refractivity contribution in [2.24, 2.45) is 0 Å². The molecular weight excluding hydrogens is 474 g/mol. The van der Waals surface area contributed by atoms with Gasteiger partial charge >= 0.3 is 0 Å². The zero-order valence-electron chi connectivity index (χ0n) is 19.9. The molecule has 0 saturated heterocycles. The largest absolute Gasteiger partial charge is 0.207 e. The van der Waals surface area contributed by atoms with Crippen LogP contribution in [0.4, 0.5) is 8.78 Å². The van der Waals surface area contributed by atoms with E-state index in [0.717, 1.165) is 66.1 Å². The van der Waals surface area contributed by atoms with Crippen LogP contribution in [0.3, 0.4) is 0 Å². The first-order valence-electron chi connectivity index (χ1n) is 12.1. The van der Waals surface area contributed by atoms with E-state index < -0.39 is 0 Å². The highest BCUT2D eigenvalue weighted by Crippen LogP contribution is 2.40. The van der Waals surface area contributed by atoms with Crippen LogP contribution in [-0.2, 0) is 0 Å². The number of halogens is 2. The van der Waals surface area contributed by atoms with Crippen molar-refractivity contribution in [2.45, 2.75) is 0 Å². The number of benzene rings is 5. The minimum atomic E-state index is -0.319. The van der Waals surface area contributed by atoms with Crippen LogP contribution in [0.25, 0.3) is 33.4 Å². The second-order valence-corrected chi connectivity index (χ2v) is 9.45. The fourth-order valence-electron chi connectivity index (χ4n) is 5.71. The van der Waals surface area contributed by atoms with E-state index in [1.54, 1.807) is 48.5 Å². The van der Waals surface area contributed by atoms with Crippen molar-refractivity contribution in [1.82, 2.24) is 0 Å². The lowest BCUT2D eigenvalue weighted by atomic mass is 9.96. The summed E-state index contributed by atoms with van der Waals surface area (Å²) in [5, 5.41) is 20.4. The molecule has 0 saturated carbocycles. The third-order valence-corrected chi connectivity index (χ3v) is 7.38. The van der Waals surface area contributed by atoms with Gasteiger partial charge in [-0.15, -0.1) is 0 Å². The number of hydrogen-bond donors (Lipinski definition) is 0. The third-order valence-electron chi connectivity index (χ3n) is 7.38. The fraction of sp³-hybridized carbons (Fsp3) is 0. The van der Waals surface area contributed by atoms with Crippen molar-refractivity contribution >= 4 is 11.1 Å². The molecule has 2 aliphatic carbocycles. The second kappa shape index (κ2) is 8.10. The first-order valence-corrected chi connectivity index (χ1v) is 12.1. The minimum Gasteiger partial charge on any atom is -0.207 e. The molecule has 0 unspecified atom stereocenters. The fourth-order valence-corrected chi connectivity index (χ4v) is 5.71. The molecule has 0 N–H and O–H groups in total. The Morgan fingerprint density at radius 3 is 1.18 bits per heavy atom. The highest BCUT2D eigenvalue weighted by Gasteiger charge is 2.27. The topological polar surface area (TPSA) is 47.6 Å². The molecule has 0 amide bonds. The molecule has 0 radical (unpaired) electrons. The summed E-state index contributed by atoms with van der Waals surface area (Å²) in [6, 6.07) is 32.8. The van der Waals surface area contributed by atoms with Gasteiger partial charge in [0.2, 0.25) is 0 Å². The van der Waals surface area contributed by atoms with Crippen LogP contribution < -0.4 is 10.4 Å². The van der Waals surface area contributed by atoms with E-state index in [9.17, 15) is 19.3 Å². The lowest BCUT2D eigenvalue weighted by Gasteiger charge is -2.08. The summed E-state index contributed by atoms with van der Waals surface area (Å²) in [4.78, 5) is 0. The zero-order valence-corrected chi connectivity index (χ0v) is 19.9. The van der Waals surface area contributed by atoms with Gasteiger partial charge in [0, 0.05) is 0 Å². The van der Waals surface area contributed by atoms with Crippen LogP contribution in [0, 0.1) is 34.3 Å². The maximum atomic E-state index is 14.5. The van der Waals surface area contributed by atoms with Gasteiger partial charge in [0.1, 0.15) is 11.6 Å². The summed E-state index contributed by atoms with van der Waals surface area (Å²) < 4.78 is 29.0. The quantitative estimate of drug-likeness (QED) is 0.291. The zero-order chi connectivity index (χ0) is 26.0. The van der Waals surface area contributed by atoms with E-state index >= 15 is 0 Å². The van der Waals surface area contributed by atoms with Crippen molar-refractivity contribution in [2.75, 3.05) is 0 Å². The Morgan fingerprint density at radius 1 is 0.421 bits per heavy atom. The van der Waals surface area contributed by atoms with Crippen LogP contribution in [0.2, 0.25) is 0 Å². The standard InChI is InChI=1S/C34H16F2N2/c35-23-9-11-25-27-16-32-28(15-31(27)33(29(25)13-23)21-5-1-19(17-37)2-6-21)26-12-10-24(36)14-30(26)34(32)22-7-3-20(18-38)4-8-22/h1-16H. The van der Waals surface area contributed by atoms with Crippen molar-refractivity contribution in [3.05, 3.63) is 153 Å². The van der Waals surface area contributed by atoms with Crippen LogP contribution in [0.15, 0.2) is 97.1 Å². The second-order valence-electron chi connectivity index (χ2n) is 9.45. The Bertz CT molecular complexity index is 1890. The molecule has 0 aliphatic heterocycles. The normalized spacial score (nSPS) is 12.3.